The normalized spacial score (nSPS) is 33.6. The Bertz CT molecular complexity index is 136. The molecule has 2 heteroatoms. The largest absolute Gasteiger partial charge is 0.378 e. The van der Waals surface area contributed by atoms with Crippen LogP contribution in [0.4, 0.5) is 0 Å². The summed E-state index contributed by atoms with van der Waals surface area (Å²) in [7, 11) is 0. The van der Waals surface area contributed by atoms with Crippen LogP contribution in [-0.2, 0) is 4.74 Å². The Hall–Kier alpha value is -0.340. The van der Waals surface area contributed by atoms with Gasteiger partial charge in [0.15, 0.2) is 0 Å². The maximum Gasteiger partial charge on any atom is 0.0551 e. The van der Waals surface area contributed by atoms with Gasteiger partial charge in [0.1, 0.15) is 0 Å². The minimum Gasteiger partial charge on any atom is -0.378 e. The number of nitrogens with two attached hydrogens (primary N) is 1. The molecule has 1 fully saturated rings. The van der Waals surface area contributed by atoms with E-state index >= 15 is 0 Å². The molecular formula is C9H17NO. The molecule has 0 radical (unpaired) electrons. The number of hydrogen-bond acceptors (Lipinski definition) is 2. The number of hydrogen-bond donors (Lipinski definition) is 1. The van der Waals surface area contributed by atoms with Gasteiger partial charge in [-0.25, -0.2) is 0 Å². The van der Waals surface area contributed by atoms with Crippen LogP contribution in [0.5, 0.6) is 0 Å². The van der Waals surface area contributed by atoms with Crippen LogP contribution < -0.4 is 5.73 Å². The van der Waals surface area contributed by atoms with Crippen LogP contribution in [0.25, 0.3) is 0 Å². The molecule has 1 aliphatic heterocycles. The smallest absolute Gasteiger partial charge is 0.0551 e. The Morgan fingerprint density at radius 2 is 2.55 bits per heavy atom. The lowest BCUT2D eigenvalue weighted by atomic mass is 9.95. The molecule has 0 aromatic carbocycles. The van der Waals surface area contributed by atoms with Gasteiger partial charge >= 0.3 is 0 Å². The van der Waals surface area contributed by atoms with E-state index in [2.05, 4.69) is 13.5 Å². The third-order valence-electron chi connectivity index (χ3n) is 2.27. The standard InChI is InChI=1S/C9H17NO/c1-3-4-9(10)8-5-7(2)11-6-8/h3,7-9H,1,4-6,10H2,2H3. The van der Waals surface area contributed by atoms with Crippen LogP contribution in [0.15, 0.2) is 12.7 Å². The van der Waals surface area contributed by atoms with Crippen molar-refractivity contribution in [1.29, 1.82) is 0 Å². The second-order valence-corrected chi connectivity index (χ2v) is 3.33. The Labute approximate surface area is 68.4 Å². The molecule has 0 amide bonds. The van der Waals surface area contributed by atoms with Crippen molar-refractivity contribution in [2.24, 2.45) is 11.7 Å². The zero-order valence-electron chi connectivity index (χ0n) is 7.12. The summed E-state index contributed by atoms with van der Waals surface area (Å²) in [6.07, 6.45) is 4.29. The number of rotatable bonds is 3. The van der Waals surface area contributed by atoms with Gasteiger partial charge in [0, 0.05) is 12.0 Å². The quantitative estimate of drug-likeness (QED) is 0.624. The van der Waals surface area contributed by atoms with E-state index in [4.69, 9.17) is 10.5 Å². The van der Waals surface area contributed by atoms with Crippen molar-refractivity contribution >= 4 is 0 Å². The number of ether oxygens (including phenoxy) is 1. The van der Waals surface area contributed by atoms with Crippen molar-refractivity contribution in [3.05, 3.63) is 12.7 Å². The van der Waals surface area contributed by atoms with E-state index in [0.717, 1.165) is 19.4 Å². The van der Waals surface area contributed by atoms with E-state index in [1.807, 2.05) is 6.08 Å². The molecule has 0 aromatic rings. The van der Waals surface area contributed by atoms with Crippen molar-refractivity contribution in [2.75, 3.05) is 6.61 Å². The van der Waals surface area contributed by atoms with Crippen molar-refractivity contribution in [3.63, 3.8) is 0 Å². The van der Waals surface area contributed by atoms with E-state index in [9.17, 15) is 0 Å². The van der Waals surface area contributed by atoms with E-state index in [-0.39, 0.29) is 6.04 Å². The highest BCUT2D eigenvalue weighted by molar-refractivity contribution is 4.84. The first-order valence-corrected chi connectivity index (χ1v) is 4.22. The van der Waals surface area contributed by atoms with Gasteiger partial charge in [0.05, 0.1) is 12.7 Å². The highest BCUT2D eigenvalue weighted by Gasteiger charge is 2.26. The third-order valence-corrected chi connectivity index (χ3v) is 2.27. The van der Waals surface area contributed by atoms with Crippen molar-refractivity contribution in [1.82, 2.24) is 0 Å². The van der Waals surface area contributed by atoms with E-state index in [1.165, 1.54) is 0 Å². The molecule has 0 spiro atoms. The Morgan fingerprint density at radius 1 is 1.82 bits per heavy atom. The lowest BCUT2D eigenvalue weighted by Gasteiger charge is -2.14. The minimum atomic E-state index is 0.248. The highest BCUT2D eigenvalue weighted by atomic mass is 16.5. The van der Waals surface area contributed by atoms with Crippen LogP contribution in [0.3, 0.4) is 0 Å². The summed E-state index contributed by atoms with van der Waals surface area (Å²) in [6, 6.07) is 0.248. The van der Waals surface area contributed by atoms with Crippen molar-refractivity contribution in [3.8, 4) is 0 Å². The van der Waals surface area contributed by atoms with Gasteiger partial charge in [0.25, 0.3) is 0 Å². The fourth-order valence-corrected chi connectivity index (χ4v) is 1.53. The first-order valence-electron chi connectivity index (χ1n) is 4.22. The highest BCUT2D eigenvalue weighted by Crippen LogP contribution is 2.22. The molecule has 1 aliphatic rings. The van der Waals surface area contributed by atoms with Gasteiger partial charge in [-0.05, 0) is 19.8 Å². The summed E-state index contributed by atoms with van der Waals surface area (Å²) in [5, 5.41) is 0. The predicted molar refractivity (Wildman–Crippen MR) is 46.3 cm³/mol. The van der Waals surface area contributed by atoms with Gasteiger partial charge in [-0.1, -0.05) is 6.08 Å². The second-order valence-electron chi connectivity index (χ2n) is 3.33. The average molecular weight is 155 g/mol. The summed E-state index contributed by atoms with van der Waals surface area (Å²) < 4.78 is 5.42. The minimum absolute atomic E-state index is 0.248. The SMILES string of the molecule is C=CCC(N)C1COC(C)C1. The van der Waals surface area contributed by atoms with Gasteiger partial charge in [-0.15, -0.1) is 6.58 Å². The van der Waals surface area contributed by atoms with Crippen LogP contribution in [0, 0.1) is 5.92 Å². The van der Waals surface area contributed by atoms with E-state index in [1.54, 1.807) is 0 Å². The van der Waals surface area contributed by atoms with Crippen LogP contribution in [0.2, 0.25) is 0 Å². The second kappa shape index (κ2) is 3.88. The average Bonchev–Trinajstić information content (AvgIpc) is 2.36. The lowest BCUT2D eigenvalue weighted by molar-refractivity contribution is 0.118. The molecule has 64 valence electrons. The molecule has 1 saturated heterocycles. The van der Waals surface area contributed by atoms with Crippen LogP contribution in [-0.4, -0.2) is 18.8 Å². The van der Waals surface area contributed by atoms with Gasteiger partial charge in [-0.3, -0.25) is 0 Å². The first kappa shape index (κ1) is 8.75. The third kappa shape index (κ3) is 2.31. The van der Waals surface area contributed by atoms with Crippen molar-refractivity contribution < 1.29 is 4.74 Å². The molecule has 0 bridgehead atoms. The molecule has 2 nitrogen and oxygen atoms in total. The monoisotopic (exact) mass is 155 g/mol. The zero-order chi connectivity index (χ0) is 8.27. The molecule has 11 heavy (non-hydrogen) atoms. The summed E-state index contributed by atoms with van der Waals surface area (Å²) >= 11 is 0. The molecule has 2 N–H and O–H groups in total. The van der Waals surface area contributed by atoms with Gasteiger partial charge < -0.3 is 10.5 Å². The van der Waals surface area contributed by atoms with Crippen molar-refractivity contribution in [2.45, 2.75) is 31.9 Å². The topological polar surface area (TPSA) is 35.2 Å². The molecule has 3 unspecified atom stereocenters. The summed E-state index contributed by atoms with van der Waals surface area (Å²) in [4.78, 5) is 0. The van der Waals surface area contributed by atoms with Gasteiger partial charge in [-0.2, -0.15) is 0 Å². The summed E-state index contributed by atoms with van der Waals surface area (Å²) in [5.74, 6) is 0.544. The molecule has 1 heterocycles. The van der Waals surface area contributed by atoms with Gasteiger partial charge in [0.2, 0.25) is 0 Å². The maximum atomic E-state index is 5.90. The van der Waals surface area contributed by atoms with E-state index < -0.39 is 0 Å². The maximum absolute atomic E-state index is 5.90. The molecule has 0 aliphatic carbocycles. The van der Waals surface area contributed by atoms with E-state index in [0.29, 0.717) is 12.0 Å². The molecule has 1 rings (SSSR count). The first-order chi connectivity index (χ1) is 5.24. The van der Waals surface area contributed by atoms with Crippen LogP contribution >= 0.6 is 0 Å². The molecule has 0 saturated carbocycles. The predicted octanol–water partition coefficient (Wildman–Crippen LogP) is 1.31. The summed E-state index contributed by atoms with van der Waals surface area (Å²) in [5.41, 5.74) is 5.90. The Balaban J connectivity index is 2.30. The molecular weight excluding hydrogens is 138 g/mol. The molecule has 0 aromatic heterocycles. The van der Waals surface area contributed by atoms with Crippen LogP contribution in [0.1, 0.15) is 19.8 Å². The zero-order valence-corrected chi connectivity index (χ0v) is 7.12. The fourth-order valence-electron chi connectivity index (χ4n) is 1.53. The lowest BCUT2D eigenvalue weighted by Crippen LogP contribution is -2.29. The Morgan fingerprint density at radius 3 is 3.00 bits per heavy atom. The molecule has 3 atom stereocenters. The Kier molecular flexibility index (Phi) is 3.09. The fraction of sp³-hybridized carbons (Fsp3) is 0.778. The summed E-state index contributed by atoms with van der Waals surface area (Å²) in [6.45, 7) is 6.60.